The van der Waals surface area contributed by atoms with Gasteiger partial charge in [-0.25, -0.2) is 0 Å². The molecule has 1 aromatic heterocycles. The highest BCUT2D eigenvalue weighted by molar-refractivity contribution is 5.94. The van der Waals surface area contributed by atoms with Gasteiger partial charge in [0.15, 0.2) is 0 Å². The van der Waals surface area contributed by atoms with Crippen LogP contribution in [0.25, 0.3) is 0 Å². The topological polar surface area (TPSA) is 95.1 Å². The minimum Gasteiger partial charge on any atom is -0.481 e. The van der Waals surface area contributed by atoms with Gasteiger partial charge in [0.25, 0.3) is 0 Å². The molecule has 6 nitrogen and oxygen atoms in total. The lowest BCUT2D eigenvalue weighted by molar-refractivity contribution is -0.153. The second-order valence-corrected chi connectivity index (χ2v) is 4.86. The second kappa shape index (κ2) is 5.20. The maximum atomic E-state index is 11.9. The average molecular weight is 251 g/mol. The number of hydrogen-bond acceptors (Lipinski definition) is 3. The maximum absolute atomic E-state index is 11.9. The van der Waals surface area contributed by atoms with Gasteiger partial charge in [0.2, 0.25) is 5.91 Å². The molecule has 0 atom stereocenters. The third-order valence-corrected chi connectivity index (χ3v) is 3.55. The number of carboxylic acid groups (broad SMARTS) is 1. The first kappa shape index (κ1) is 12.6. The number of aromatic amines is 1. The highest BCUT2D eigenvalue weighted by Gasteiger charge is 2.41. The van der Waals surface area contributed by atoms with Crippen molar-refractivity contribution in [3.05, 3.63) is 12.4 Å². The summed E-state index contributed by atoms with van der Waals surface area (Å²) >= 11 is 0. The Morgan fingerprint density at radius 3 is 2.67 bits per heavy atom. The Bertz CT molecular complexity index is 422. The lowest BCUT2D eigenvalue weighted by Crippen LogP contribution is -2.37. The van der Waals surface area contributed by atoms with Gasteiger partial charge in [-0.3, -0.25) is 14.7 Å². The molecule has 1 heterocycles. The van der Waals surface area contributed by atoms with Crippen LogP contribution in [-0.2, 0) is 9.59 Å². The van der Waals surface area contributed by atoms with Crippen LogP contribution in [0.3, 0.4) is 0 Å². The highest BCUT2D eigenvalue weighted by atomic mass is 16.4. The van der Waals surface area contributed by atoms with Crippen molar-refractivity contribution in [2.75, 3.05) is 5.32 Å². The number of carbonyl (C=O) groups is 2. The first-order valence-corrected chi connectivity index (χ1v) is 6.14. The minimum atomic E-state index is -0.883. The van der Waals surface area contributed by atoms with E-state index >= 15 is 0 Å². The highest BCUT2D eigenvalue weighted by Crippen LogP contribution is 2.39. The predicted molar refractivity (Wildman–Crippen MR) is 65.0 cm³/mol. The number of aliphatic carboxylic acids is 1. The molecule has 6 heteroatoms. The van der Waals surface area contributed by atoms with E-state index in [0.717, 1.165) is 19.3 Å². The van der Waals surface area contributed by atoms with Gasteiger partial charge < -0.3 is 10.4 Å². The molecule has 2 rings (SSSR count). The summed E-state index contributed by atoms with van der Waals surface area (Å²) in [7, 11) is 0. The normalized spacial score (nSPS) is 18.2. The standard InChI is InChI=1S/C12H17N3O3/c16-10(15-9-7-13-14-8-9)6-12(11(17)18)4-2-1-3-5-12/h7-8H,1-6H2,(H,13,14)(H,15,16)(H,17,18). The summed E-state index contributed by atoms with van der Waals surface area (Å²) in [4.78, 5) is 23.3. The van der Waals surface area contributed by atoms with Crippen molar-refractivity contribution in [1.82, 2.24) is 10.2 Å². The molecule has 0 aliphatic heterocycles. The van der Waals surface area contributed by atoms with E-state index in [2.05, 4.69) is 15.5 Å². The summed E-state index contributed by atoms with van der Waals surface area (Å²) in [6.45, 7) is 0. The lowest BCUT2D eigenvalue weighted by Gasteiger charge is -2.32. The first-order valence-electron chi connectivity index (χ1n) is 6.14. The van der Waals surface area contributed by atoms with Crippen LogP contribution in [0.2, 0.25) is 0 Å². The molecule has 1 aliphatic carbocycles. The monoisotopic (exact) mass is 251 g/mol. The van der Waals surface area contributed by atoms with Crippen LogP contribution in [0.5, 0.6) is 0 Å². The number of anilines is 1. The van der Waals surface area contributed by atoms with Gasteiger partial charge in [-0.1, -0.05) is 19.3 Å². The second-order valence-electron chi connectivity index (χ2n) is 4.86. The number of nitrogens with zero attached hydrogens (tertiary/aromatic N) is 1. The molecule has 98 valence electrons. The van der Waals surface area contributed by atoms with E-state index in [9.17, 15) is 14.7 Å². The molecule has 1 aliphatic rings. The number of aromatic nitrogens is 2. The molecular weight excluding hydrogens is 234 g/mol. The Morgan fingerprint density at radius 1 is 1.39 bits per heavy atom. The van der Waals surface area contributed by atoms with Gasteiger partial charge in [-0.2, -0.15) is 5.10 Å². The zero-order chi connectivity index (χ0) is 13.0. The molecule has 3 N–H and O–H groups in total. The first-order chi connectivity index (χ1) is 8.62. The zero-order valence-corrected chi connectivity index (χ0v) is 10.1. The van der Waals surface area contributed by atoms with Crippen molar-refractivity contribution in [3.8, 4) is 0 Å². The van der Waals surface area contributed by atoms with E-state index in [0.29, 0.717) is 18.5 Å². The van der Waals surface area contributed by atoms with Crippen molar-refractivity contribution >= 4 is 17.6 Å². The summed E-state index contributed by atoms with van der Waals surface area (Å²) in [5.41, 5.74) is -0.317. The fourth-order valence-corrected chi connectivity index (χ4v) is 2.53. The Balaban J connectivity index is 2.00. The Hall–Kier alpha value is -1.85. The van der Waals surface area contributed by atoms with E-state index in [1.54, 1.807) is 6.20 Å². The van der Waals surface area contributed by atoms with E-state index < -0.39 is 11.4 Å². The molecule has 0 radical (unpaired) electrons. The Morgan fingerprint density at radius 2 is 2.11 bits per heavy atom. The molecule has 1 saturated carbocycles. The third kappa shape index (κ3) is 2.69. The number of H-pyrrole nitrogens is 1. The van der Waals surface area contributed by atoms with Crippen LogP contribution in [0.1, 0.15) is 38.5 Å². The average Bonchev–Trinajstić information content (AvgIpc) is 2.82. The van der Waals surface area contributed by atoms with Crippen molar-refractivity contribution in [3.63, 3.8) is 0 Å². The van der Waals surface area contributed by atoms with E-state index in [-0.39, 0.29) is 12.3 Å². The molecule has 1 fully saturated rings. The van der Waals surface area contributed by atoms with E-state index in [1.807, 2.05) is 0 Å². The smallest absolute Gasteiger partial charge is 0.310 e. The number of amides is 1. The van der Waals surface area contributed by atoms with Gasteiger partial charge in [-0.05, 0) is 12.8 Å². The van der Waals surface area contributed by atoms with Crippen LogP contribution < -0.4 is 5.32 Å². The molecule has 18 heavy (non-hydrogen) atoms. The van der Waals surface area contributed by atoms with Gasteiger partial charge in [0.05, 0.1) is 17.3 Å². The SMILES string of the molecule is O=C(CC1(C(=O)O)CCCCC1)Nc1cn[nH]c1. The van der Waals surface area contributed by atoms with Crippen LogP contribution in [0, 0.1) is 5.41 Å². The minimum absolute atomic E-state index is 0.0352. The molecular formula is C12H17N3O3. The molecule has 0 bridgehead atoms. The van der Waals surface area contributed by atoms with Gasteiger partial charge in [0.1, 0.15) is 0 Å². The number of hydrogen-bond donors (Lipinski definition) is 3. The van der Waals surface area contributed by atoms with Crippen molar-refractivity contribution < 1.29 is 14.7 Å². The third-order valence-electron chi connectivity index (χ3n) is 3.55. The van der Waals surface area contributed by atoms with E-state index in [1.165, 1.54) is 6.20 Å². The van der Waals surface area contributed by atoms with Crippen LogP contribution in [0.15, 0.2) is 12.4 Å². The van der Waals surface area contributed by atoms with E-state index in [4.69, 9.17) is 0 Å². The molecule has 0 unspecified atom stereocenters. The number of nitrogens with one attached hydrogen (secondary N) is 2. The van der Waals surface area contributed by atoms with Crippen molar-refractivity contribution in [2.24, 2.45) is 5.41 Å². The maximum Gasteiger partial charge on any atom is 0.310 e. The van der Waals surface area contributed by atoms with Gasteiger partial charge in [0, 0.05) is 12.6 Å². The van der Waals surface area contributed by atoms with Crippen LogP contribution in [0.4, 0.5) is 5.69 Å². The molecule has 1 aromatic rings. The summed E-state index contributed by atoms with van der Waals surface area (Å²) in [5, 5.41) is 18.3. The fourth-order valence-electron chi connectivity index (χ4n) is 2.53. The largest absolute Gasteiger partial charge is 0.481 e. The van der Waals surface area contributed by atoms with Crippen LogP contribution in [-0.4, -0.2) is 27.2 Å². The quantitative estimate of drug-likeness (QED) is 0.760. The number of rotatable bonds is 4. The number of carbonyl (C=O) groups excluding carboxylic acids is 1. The molecule has 0 aromatic carbocycles. The predicted octanol–water partition coefficient (Wildman–Crippen LogP) is 1.77. The van der Waals surface area contributed by atoms with Gasteiger partial charge >= 0.3 is 5.97 Å². The summed E-state index contributed by atoms with van der Waals surface area (Å²) in [6, 6.07) is 0. The zero-order valence-electron chi connectivity index (χ0n) is 10.1. The summed E-state index contributed by atoms with van der Waals surface area (Å²) in [5.74, 6) is -1.12. The van der Waals surface area contributed by atoms with Crippen molar-refractivity contribution in [1.29, 1.82) is 0 Å². The van der Waals surface area contributed by atoms with Crippen LogP contribution >= 0.6 is 0 Å². The number of carboxylic acids is 1. The summed E-state index contributed by atoms with van der Waals surface area (Å²) < 4.78 is 0. The fraction of sp³-hybridized carbons (Fsp3) is 0.583. The molecule has 0 spiro atoms. The Kier molecular flexibility index (Phi) is 3.64. The molecule has 1 amide bonds. The van der Waals surface area contributed by atoms with Gasteiger partial charge in [-0.15, -0.1) is 0 Å². The summed E-state index contributed by atoms with van der Waals surface area (Å²) in [6.07, 6.45) is 7.07. The molecule has 0 saturated heterocycles. The van der Waals surface area contributed by atoms with Crippen molar-refractivity contribution in [2.45, 2.75) is 38.5 Å². The Labute approximate surface area is 105 Å². The lowest BCUT2D eigenvalue weighted by atomic mass is 9.71.